The fraction of sp³-hybridized carbons (Fsp3) is 0.462. The Kier molecular flexibility index (Phi) is 4.17. The summed E-state index contributed by atoms with van der Waals surface area (Å²) in [5.41, 5.74) is 0.492. The van der Waals surface area contributed by atoms with E-state index in [1.54, 1.807) is 31.1 Å². The Morgan fingerprint density at radius 3 is 2.68 bits per heavy atom. The van der Waals surface area contributed by atoms with E-state index in [0.717, 1.165) is 25.9 Å². The highest BCUT2D eigenvalue weighted by Crippen LogP contribution is 2.16. The lowest BCUT2D eigenvalue weighted by atomic mass is 10.2. The number of hydrogen-bond donors (Lipinski definition) is 0. The van der Waals surface area contributed by atoms with Crippen molar-refractivity contribution in [1.82, 2.24) is 9.91 Å². The van der Waals surface area contributed by atoms with E-state index in [-0.39, 0.29) is 0 Å². The Morgan fingerprint density at radius 1 is 1.47 bits per heavy atom. The van der Waals surface area contributed by atoms with Crippen molar-refractivity contribution in [3.8, 4) is 6.07 Å². The quantitative estimate of drug-likeness (QED) is 0.438. The van der Waals surface area contributed by atoms with Gasteiger partial charge >= 0.3 is 0 Å². The minimum absolute atomic E-state index is 0.492. The summed E-state index contributed by atoms with van der Waals surface area (Å²) in [6, 6.07) is 2.15. The number of nitrogens with zero attached hydrogens (tertiary/aromatic N) is 4. The summed E-state index contributed by atoms with van der Waals surface area (Å²) in [5.74, 6) is 1.18. The molecular formula is C13H16N4OS. The largest absolute Gasteiger partial charge is 0.424 e. The second-order valence-corrected chi connectivity index (χ2v) is 4.83. The van der Waals surface area contributed by atoms with E-state index >= 15 is 0 Å². The van der Waals surface area contributed by atoms with Crippen LogP contribution in [0.25, 0.3) is 0 Å². The molecule has 2 rings (SSSR count). The van der Waals surface area contributed by atoms with Gasteiger partial charge in [-0.2, -0.15) is 5.26 Å². The van der Waals surface area contributed by atoms with Crippen LogP contribution in [0.15, 0.2) is 28.7 Å². The van der Waals surface area contributed by atoms with Gasteiger partial charge in [0.1, 0.15) is 11.1 Å². The molecule has 0 amide bonds. The highest BCUT2D eigenvalue weighted by molar-refractivity contribution is 7.80. The van der Waals surface area contributed by atoms with Crippen LogP contribution in [0.5, 0.6) is 0 Å². The molecule has 0 saturated carbocycles. The molecular weight excluding hydrogens is 260 g/mol. The fourth-order valence-electron chi connectivity index (χ4n) is 2.04. The lowest BCUT2D eigenvalue weighted by molar-refractivity contribution is 0.304. The Balaban J connectivity index is 2.10. The molecule has 0 atom stereocenters. The summed E-state index contributed by atoms with van der Waals surface area (Å²) in [6.45, 7) is 3.65. The number of likely N-dealkylation sites (tertiary alicyclic amines) is 1. The topological polar surface area (TPSA) is 51.9 Å². The Labute approximate surface area is 118 Å². The van der Waals surface area contributed by atoms with Crippen molar-refractivity contribution in [2.75, 3.05) is 20.1 Å². The smallest absolute Gasteiger partial charge is 0.217 e. The second-order valence-electron chi connectivity index (χ2n) is 4.44. The van der Waals surface area contributed by atoms with Gasteiger partial charge in [0, 0.05) is 33.1 Å². The molecule has 2 heterocycles. The third-order valence-corrected chi connectivity index (χ3v) is 3.48. The van der Waals surface area contributed by atoms with Gasteiger partial charge in [-0.25, -0.2) is 5.01 Å². The molecule has 0 bridgehead atoms. The van der Waals surface area contributed by atoms with E-state index in [0.29, 0.717) is 22.3 Å². The van der Waals surface area contributed by atoms with Gasteiger partial charge in [0.25, 0.3) is 0 Å². The van der Waals surface area contributed by atoms with Crippen molar-refractivity contribution >= 4 is 23.1 Å². The molecule has 0 spiro atoms. The van der Waals surface area contributed by atoms with Gasteiger partial charge in [0.15, 0.2) is 0 Å². The Bertz CT molecular complexity index is 509. The van der Waals surface area contributed by atoms with Gasteiger partial charge in [0.2, 0.25) is 11.8 Å². The maximum Gasteiger partial charge on any atom is 0.217 e. The van der Waals surface area contributed by atoms with E-state index < -0.39 is 0 Å². The minimum Gasteiger partial charge on any atom is -0.424 e. The van der Waals surface area contributed by atoms with Crippen LogP contribution in [-0.2, 0) is 4.74 Å². The SMILES string of the molecule is CC1=NN(C)C(=C/C=C(\C#N)C(=S)N2CCCC2)O1. The van der Waals surface area contributed by atoms with E-state index in [1.165, 1.54) is 0 Å². The molecule has 1 fully saturated rings. The summed E-state index contributed by atoms with van der Waals surface area (Å²) in [5, 5.41) is 14.9. The lowest BCUT2D eigenvalue weighted by Crippen LogP contribution is -2.27. The molecule has 6 heteroatoms. The van der Waals surface area contributed by atoms with Gasteiger partial charge in [-0.05, 0) is 18.9 Å². The molecule has 0 aromatic carbocycles. The molecule has 19 heavy (non-hydrogen) atoms. The lowest BCUT2D eigenvalue weighted by Gasteiger charge is -2.17. The predicted octanol–water partition coefficient (Wildman–Crippen LogP) is 2.00. The van der Waals surface area contributed by atoms with E-state index in [1.807, 2.05) is 0 Å². The number of hydrazone groups is 1. The van der Waals surface area contributed by atoms with Crippen LogP contribution < -0.4 is 0 Å². The zero-order valence-electron chi connectivity index (χ0n) is 11.1. The van der Waals surface area contributed by atoms with Crippen LogP contribution in [0.4, 0.5) is 0 Å². The average Bonchev–Trinajstić information content (AvgIpc) is 3.00. The van der Waals surface area contributed by atoms with Crippen LogP contribution in [0, 0.1) is 11.3 Å². The summed E-state index contributed by atoms with van der Waals surface area (Å²) >= 11 is 5.35. The monoisotopic (exact) mass is 276 g/mol. The van der Waals surface area contributed by atoms with Gasteiger partial charge in [-0.15, -0.1) is 5.10 Å². The fourth-order valence-corrected chi connectivity index (χ4v) is 2.34. The summed E-state index contributed by atoms with van der Waals surface area (Å²) < 4.78 is 5.40. The van der Waals surface area contributed by atoms with Crippen LogP contribution in [0.2, 0.25) is 0 Å². The highest BCUT2D eigenvalue weighted by atomic mass is 32.1. The molecule has 1 saturated heterocycles. The molecule has 0 N–H and O–H groups in total. The minimum atomic E-state index is 0.492. The predicted molar refractivity (Wildman–Crippen MR) is 77.1 cm³/mol. The summed E-state index contributed by atoms with van der Waals surface area (Å²) in [7, 11) is 1.79. The van der Waals surface area contributed by atoms with E-state index in [9.17, 15) is 5.26 Å². The molecule has 0 aliphatic carbocycles. The first-order valence-electron chi connectivity index (χ1n) is 6.20. The molecule has 0 unspecified atom stereocenters. The third kappa shape index (κ3) is 3.12. The first-order valence-corrected chi connectivity index (χ1v) is 6.61. The molecule has 0 radical (unpaired) electrons. The number of allylic oxidation sites excluding steroid dienone is 2. The summed E-state index contributed by atoms with van der Waals surface area (Å²) in [4.78, 5) is 2.69. The second kappa shape index (κ2) is 5.85. The zero-order valence-corrected chi connectivity index (χ0v) is 11.9. The van der Waals surface area contributed by atoms with Gasteiger partial charge in [0.05, 0.1) is 5.57 Å². The maximum atomic E-state index is 9.20. The van der Waals surface area contributed by atoms with E-state index in [2.05, 4.69) is 16.1 Å². The molecule has 0 aromatic rings. The molecule has 5 nitrogen and oxygen atoms in total. The van der Waals surface area contributed by atoms with Gasteiger partial charge < -0.3 is 9.64 Å². The number of ether oxygens (including phenoxy) is 1. The normalized spacial score (nSPS) is 21.4. The Hall–Kier alpha value is -1.87. The van der Waals surface area contributed by atoms with Crippen molar-refractivity contribution in [2.24, 2.45) is 5.10 Å². The van der Waals surface area contributed by atoms with Crippen molar-refractivity contribution in [2.45, 2.75) is 19.8 Å². The number of nitriles is 1. The van der Waals surface area contributed by atoms with Crippen molar-refractivity contribution in [3.63, 3.8) is 0 Å². The van der Waals surface area contributed by atoms with Crippen LogP contribution in [0.3, 0.4) is 0 Å². The van der Waals surface area contributed by atoms with Crippen molar-refractivity contribution < 1.29 is 4.74 Å². The van der Waals surface area contributed by atoms with Crippen molar-refractivity contribution in [3.05, 3.63) is 23.6 Å². The molecule has 2 aliphatic heterocycles. The van der Waals surface area contributed by atoms with Crippen molar-refractivity contribution in [1.29, 1.82) is 5.26 Å². The van der Waals surface area contributed by atoms with Gasteiger partial charge in [-0.1, -0.05) is 12.2 Å². The standard InChI is InChI=1S/C13H16N4OS/c1-10-15-16(2)12(18-10)6-5-11(9-14)13(19)17-7-3-4-8-17/h5-6H,3-4,7-8H2,1-2H3/b11-5+,12-6?. The van der Waals surface area contributed by atoms with Gasteiger partial charge in [-0.3, -0.25) is 0 Å². The molecule has 100 valence electrons. The number of thiocarbonyl (C=S) groups is 1. The Morgan fingerprint density at radius 2 is 2.16 bits per heavy atom. The molecule has 0 aromatic heterocycles. The first kappa shape index (κ1) is 13.6. The summed E-state index contributed by atoms with van der Waals surface area (Å²) in [6.07, 6.45) is 5.69. The van der Waals surface area contributed by atoms with Crippen LogP contribution in [0.1, 0.15) is 19.8 Å². The first-order chi connectivity index (χ1) is 9.11. The molecule has 2 aliphatic rings. The number of rotatable bonds is 2. The third-order valence-electron chi connectivity index (χ3n) is 3.00. The van der Waals surface area contributed by atoms with Crippen LogP contribution in [-0.4, -0.2) is 40.9 Å². The van der Waals surface area contributed by atoms with E-state index in [4.69, 9.17) is 17.0 Å². The van der Waals surface area contributed by atoms with Crippen LogP contribution >= 0.6 is 12.2 Å². The number of hydrogen-bond acceptors (Lipinski definition) is 5. The zero-order chi connectivity index (χ0) is 13.8. The maximum absolute atomic E-state index is 9.20. The highest BCUT2D eigenvalue weighted by Gasteiger charge is 2.18. The average molecular weight is 276 g/mol.